The maximum absolute atomic E-state index is 13.6. The Kier molecular flexibility index (Phi) is 5.80. The van der Waals surface area contributed by atoms with Crippen LogP contribution in [0.3, 0.4) is 0 Å². The van der Waals surface area contributed by atoms with Gasteiger partial charge in [-0.15, -0.1) is 0 Å². The maximum Gasteiger partial charge on any atom is 0.254 e. The largest absolute Gasteiger partial charge is 0.492 e. The van der Waals surface area contributed by atoms with E-state index in [2.05, 4.69) is 17.1 Å². The molecule has 5 rings (SSSR count). The standard InChI is InChI=1S/C26H32FN3O2/c1-3-30(11-5-4-6-17-14-28-23-9-8-19(27)12-21(17)23)20-13-22-24(32-16-20)10-7-18-15-29(2)26(31)25(18)22/h7-10,12,17,20,28H,3-6,11,13-16H2,1-2H3. The third kappa shape index (κ3) is 3.85. The van der Waals surface area contributed by atoms with Crippen LogP contribution in [-0.4, -0.2) is 55.0 Å². The molecule has 5 nitrogen and oxygen atoms in total. The van der Waals surface area contributed by atoms with E-state index in [0.29, 0.717) is 25.1 Å². The van der Waals surface area contributed by atoms with Crippen LogP contribution in [0.2, 0.25) is 0 Å². The van der Waals surface area contributed by atoms with E-state index in [4.69, 9.17) is 4.74 Å². The number of anilines is 1. The highest BCUT2D eigenvalue weighted by Gasteiger charge is 2.34. The first kappa shape index (κ1) is 21.3. The number of likely N-dealkylation sites (N-methyl/N-ethyl adjacent to an activating group) is 1. The molecule has 3 aliphatic rings. The summed E-state index contributed by atoms with van der Waals surface area (Å²) in [4.78, 5) is 17.0. The number of carbonyl (C=O) groups excluding carboxylic acids is 1. The first-order valence-corrected chi connectivity index (χ1v) is 11.9. The van der Waals surface area contributed by atoms with E-state index in [-0.39, 0.29) is 11.7 Å². The van der Waals surface area contributed by atoms with Gasteiger partial charge in [0.15, 0.2) is 0 Å². The second-order valence-electron chi connectivity index (χ2n) is 9.34. The van der Waals surface area contributed by atoms with Crippen molar-refractivity contribution in [2.75, 3.05) is 38.6 Å². The number of carbonyl (C=O) groups is 1. The van der Waals surface area contributed by atoms with Gasteiger partial charge >= 0.3 is 0 Å². The molecule has 3 aliphatic heterocycles. The molecule has 6 heteroatoms. The molecule has 0 saturated carbocycles. The van der Waals surface area contributed by atoms with Gasteiger partial charge in [0.05, 0.1) is 5.56 Å². The number of fused-ring (bicyclic) bond motifs is 4. The van der Waals surface area contributed by atoms with Crippen LogP contribution >= 0.6 is 0 Å². The Hall–Kier alpha value is -2.60. The van der Waals surface area contributed by atoms with Crippen LogP contribution < -0.4 is 10.1 Å². The zero-order valence-corrected chi connectivity index (χ0v) is 19.0. The van der Waals surface area contributed by atoms with Gasteiger partial charge in [-0.05, 0) is 67.7 Å². The van der Waals surface area contributed by atoms with Crippen molar-refractivity contribution in [1.82, 2.24) is 9.80 Å². The molecule has 0 spiro atoms. The molecule has 0 bridgehead atoms. The van der Waals surface area contributed by atoms with Gasteiger partial charge in [0.2, 0.25) is 0 Å². The monoisotopic (exact) mass is 437 g/mol. The van der Waals surface area contributed by atoms with Crippen LogP contribution in [0.25, 0.3) is 0 Å². The Morgan fingerprint density at radius 2 is 2.12 bits per heavy atom. The van der Waals surface area contributed by atoms with Gasteiger partial charge in [0.25, 0.3) is 5.91 Å². The van der Waals surface area contributed by atoms with Crippen LogP contribution in [0.1, 0.15) is 59.2 Å². The number of amides is 1. The van der Waals surface area contributed by atoms with E-state index in [9.17, 15) is 9.18 Å². The average molecular weight is 438 g/mol. The molecule has 0 aliphatic carbocycles. The van der Waals surface area contributed by atoms with E-state index in [1.807, 2.05) is 25.2 Å². The number of hydrogen-bond donors (Lipinski definition) is 1. The lowest BCUT2D eigenvalue weighted by molar-refractivity contribution is 0.0811. The molecule has 2 aromatic rings. The number of halogens is 1. The molecule has 170 valence electrons. The average Bonchev–Trinajstić information content (AvgIpc) is 3.33. The van der Waals surface area contributed by atoms with Crippen molar-refractivity contribution in [1.29, 1.82) is 0 Å². The lowest BCUT2D eigenvalue weighted by Gasteiger charge is -2.35. The molecule has 32 heavy (non-hydrogen) atoms. The second kappa shape index (κ2) is 8.74. The minimum Gasteiger partial charge on any atom is -0.492 e. The third-order valence-corrected chi connectivity index (χ3v) is 7.36. The Labute approximate surface area is 189 Å². The molecule has 3 heterocycles. The van der Waals surface area contributed by atoms with Crippen LogP contribution in [-0.2, 0) is 13.0 Å². The summed E-state index contributed by atoms with van der Waals surface area (Å²) in [6.07, 6.45) is 4.15. The van der Waals surface area contributed by atoms with E-state index >= 15 is 0 Å². The molecule has 0 aromatic heterocycles. The first-order valence-electron chi connectivity index (χ1n) is 11.9. The van der Waals surface area contributed by atoms with Gasteiger partial charge in [-0.1, -0.05) is 19.4 Å². The van der Waals surface area contributed by atoms with Crippen LogP contribution in [0, 0.1) is 5.82 Å². The number of rotatable bonds is 7. The molecular formula is C26H32FN3O2. The zero-order valence-electron chi connectivity index (χ0n) is 19.0. The number of benzene rings is 2. The predicted molar refractivity (Wildman–Crippen MR) is 124 cm³/mol. The van der Waals surface area contributed by atoms with Crippen molar-refractivity contribution in [2.45, 2.75) is 51.1 Å². The minimum absolute atomic E-state index is 0.117. The highest BCUT2D eigenvalue weighted by molar-refractivity contribution is 6.00. The summed E-state index contributed by atoms with van der Waals surface area (Å²) >= 11 is 0. The first-order chi connectivity index (χ1) is 15.5. The fraction of sp³-hybridized carbons (Fsp3) is 0.500. The van der Waals surface area contributed by atoms with E-state index in [1.165, 1.54) is 6.07 Å². The summed E-state index contributed by atoms with van der Waals surface area (Å²) in [5, 5.41) is 3.40. The third-order valence-electron chi connectivity index (χ3n) is 7.36. The topological polar surface area (TPSA) is 44.8 Å². The van der Waals surface area contributed by atoms with Crippen molar-refractivity contribution in [2.24, 2.45) is 0 Å². The van der Waals surface area contributed by atoms with Gasteiger partial charge in [-0.25, -0.2) is 4.39 Å². The highest BCUT2D eigenvalue weighted by atomic mass is 19.1. The molecule has 1 amide bonds. The molecule has 2 unspecified atom stereocenters. The summed E-state index contributed by atoms with van der Waals surface area (Å²) in [6.45, 7) is 6.43. The molecule has 0 radical (unpaired) electrons. The van der Waals surface area contributed by atoms with Gasteiger partial charge in [0, 0.05) is 43.3 Å². The van der Waals surface area contributed by atoms with E-state index < -0.39 is 0 Å². The van der Waals surface area contributed by atoms with Crippen molar-refractivity contribution >= 4 is 11.6 Å². The Morgan fingerprint density at radius 3 is 2.97 bits per heavy atom. The van der Waals surface area contributed by atoms with Gasteiger partial charge in [-0.3, -0.25) is 9.69 Å². The summed E-state index contributed by atoms with van der Waals surface area (Å²) in [5.41, 5.74) is 5.27. The molecule has 0 saturated heterocycles. The number of nitrogens with one attached hydrogen (secondary N) is 1. The number of nitrogens with zero attached hydrogens (tertiary/aromatic N) is 2. The van der Waals surface area contributed by atoms with Crippen molar-refractivity contribution in [3.05, 3.63) is 58.4 Å². The van der Waals surface area contributed by atoms with Gasteiger partial charge < -0.3 is 15.0 Å². The fourth-order valence-corrected chi connectivity index (χ4v) is 5.58. The summed E-state index contributed by atoms with van der Waals surface area (Å²) in [5.74, 6) is 1.24. The Morgan fingerprint density at radius 1 is 1.25 bits per heavy atom. The quantitative estimate of drug-likeness (QED) is 0.652. The molecule has 2 atom stereocenters. The van der Waals surface area contributed by atoms with Crippen molar-refractivity contribution < 1.29 is 13.9 Å². The van der Waals surface area contributed by atoms with E-state index in [1.54, 1.807) is 11.0 Å². The van der Waals surface area contributed by atoms with Crippen LogP contribution in [0.5, 0.6) is 5.75 Å². The smallest absolute Gasteiger partial charge is 0.254 e. The normalized spacial score (nSPS) is 21.2. The van der Waals surface area contributed by atoms with Crippen molar-refractivity contribution in [3.8, 4) is 5.75 Å². The van der Waals surface area contributed by atoms with Crippen LogP contribution in [0.15, 0.2) is 30.3 Å². The van der Waals surface area contributed by atoms with Crippen molar-refractivity contribution in [3.63, 3.8) is 0 Å². The minimum atomic E-state index is -0.150. The van der Waals surface area contributed by atoms with Crippen LogP contribution in [0.4, 0.5) is 10.1 Å². The molecule has 2 aromatic carbocycles. The predicted octanol–water partition coefficient (Wildman–Crippen LogP) is 4.42. The lowest BCUT2D eigenvalue weighted by Crippen LogP contribution is -2.44. The fourth-order valence-electron chi connectivity index (χ4n) is 5.58. The summed E-state index contributed by atoms with van der Waals surface area (Å²) in [7, 11) is 1.86. The zero-order chi connectivity index (χ0) is 22.2. The Balaban J connectivity index is 1.18. The molecular weight excluding hydrogens is 405 g/mol. The van der Waals surface area contributed by atoms with Gasteiger partial charge in [-0.2, -0.15) is 0 Å². The van der Waals surface area contributed by atoms with Gasteiger partial charge in [0.1, 0.15) is 18.2 Å². The second-order valence-corrected chi connectivity index (χ2v) is 9.34. The van der Waals surface area contributed by atoms with E-state index in [0.717, 1.165) is 79.0 Å². The highest BCUT2D eigenvalue weighted by Crippen LogP contribution is 2.37. The summed E-state index contributed by atoms with van der Waals surface area (Å²) in [6, 6.07) is 9.42. The maximum atomic E-state index is 13.6. The molecule has 0 fully saturated rings. The number of ether oxygens (including phenoxy) is 1. The molecule has 1 N–H and O–H groups in total. The summed E-state index contributed by atoms with van der Waals surface area (Å²) < 4.78 is 19.8. The Bertz CT molecular complexity index is 1020. The number of hydrogen-bond acceptors (Lipinski definition) is 4. The lowest BCUT2D eigenvalue weighted by atomic mass is 9.93. The number of unbranched alkanes of at least 4 members (excludes halogenated alkanes) is 1. The SMILES string of the molecule is CCN(CCCCC1CNc2ccc(F)cc21)C1COc2ccc3c(c2C1)C(=O)N(C)C3.